The van der Waals surface area contributed by atoms with Crippen molar-refractivity contribution in [3.05, 3.63) is 0 Å². The first kappa shape index (κ1) is 11.9. The largest absolute Gasteiger partial charge is 0.339 e. The fourth-order valence-corrected chi connectivity index (χ4v) is 2.18. The van der Waals surface area contributed by atoms with Gasteiger partial charge in [0.15, 0.2) is 0 Å². The van der Waals surface area contributed by atoms with E-state index in [2.05, 4.69) is 12.2 Å². The van der Waals surface area contributed by atoms with Crippen LogP contribution in [0.2, 0.25) is 0 Å². The highest BCUT2D eigenvalue weighted by atomic mass is 32.2. The number of rotatable bonds is 3. The van der Waals surface area contributed by atoms with Crippen LogP contribution in [0.4, 0.5) is 0 Å². The quantitative estimate of drug-likeness (QED) is 0.762. The summed E-state index contributed by atoms with van der Waals surface area (Å²) in [5, 5.41) is 3.26. The summed E-state index contributed by atoms with van der Waals surface area (Å²) in [5.74, 6) is 0.300. The number of amides is 1. The van der Waals surface area contributed by atoms with Crippen molar-refractivity contribution in [2.45, 2.75) is 25.0 Å². The van der Waals surface area contributed by atoms with E-state index in [-0.39, 0.29) is 4.75 Å². The summed E-state index contributed by atoms with van der Waals surface area (Å²) in [4.78, 5) is 14.1. The first-order valence-corrected chi connectivity index (χ1v) is 6.42. The molecule has 0 radical (unpaired) electrons. The van der Waals surface area contributed by atoms with Gasteiger partial charge in [-0.15, -0.1) is 11.8 Å². The molecular weight excluding hydrogens is 196 g/mol. The van der Waals surface area contributed by atoms with Crippen molar-refractivity contribution in [3.63, 3.8) is 0 Å². The Balaban J connectivity index is 2.61. The molecule has 1 N–H and O–H groups in total. The number of piperazine rings is 1. The molecule has 1 amide bonds. The Morgan fingerprint density at radius 1 is 1.50 bits per heavy atom. The Morgan fingerprint density at radius 2 is 2.07 bits per heavy atom. The molecule has 0 bridgehead atoms. The number of carbonyl (C=O) groups excluding carboxylic acids is 1. The second-order valence-electron chi connectivity index (χ2n) is 3.83. The van der Waals surface area contributed by atoms with Gasteiger partial charge in [0.2, 0.25) is 5.91 Å². The zero-order valence-corrected chi connectivity index (χ0v) is 10.1. The lowest BCUT2D eigenvalue weighted by molar-refractivity contribution is -0.134. The van der Waals surface area contributed by atoms with Crippen LogP contribution in [-0.4, -0.2) is 48.0 Å². The lowest BCUT2D eigenvalue weighted by atomic mass is 10.1. The van der Waals surface area contributed by atoms with Gasteiger partial charge < -0.3 is 10.2 Å². The normalized spacial score (nSPS) is 21.8. The summed E-state index contributed by atoms with van der Waals surface area (Å²) in [6.07, 6.45) is 2.92. The molecule has 0 saturated carbocycles. The molecule has 1 atom stereocenters. The molecule has 82 valence electrons. The molecule has 4 heteroatoms. The summed E-state index contributed by atoms with van der Waals surface area (Å²) < 4.78 is -0.225. The maximum absolute atomic E-state index is 12.2. The number of carbonyl (C=O) groups is 1. The molecule has 14 heavy (non-hydrogen) atoms. The number of nitrogens with zero attached hydrogens (tertiary/aromatic N) is 1. The predicted molar refractivity (Wildman–Crippen MR) is 61.7 cm³/mol. The van der Waals surface area contributed by atoms with Gasteiger partial charge in [0, 0.05) is 26.2 Å². The highest BCUT2D eigenvalue weighted by Crippen LogP contribution is 2.28. The van der Waals surface area contributed by atoms with Gasteiger partial charge in [0.25, 0.3) is 0 Å². The highest BCUT2D eigenvalue weighted by molar-refractivity contribution is 8.00. The molecule has 0 aromatic rings. The van der Waals surface area contributed by atoms with Crippen molar-refractivity contribution < 1.29 is 4.79 Å². The van der Waals surface area contributed by atoms with Crippen molar-refractivity contribution in [1.29, 1.82) is 0 Å². The first-order chi connectivity index (χ1) is 6.64. The molecule has 0 spiro atoms. The summed E-state index contributed by atoms with van der Waals surface area (Å²) >= 11 is 1.66. The van der Waals surface area contributed by atoms with Gasteiger partial charge in [-0.05, 0) is 19.6 Å². The molecule has 1 aliphatic heterocycles. The third kappa shape index (κ3) is 2.42. The summed E-state index contributed by atoms with van der Waals surface area (Å²) in [6, 6.07) is 0. The van der Waals surface area contributed by atoms with Crippen molar-refractivity contribution in [1.82, 2.24) is 10.2 Å². The van der Waals surface area contributed by atoms with E-state index in [9.17, 15) is 4.79 Å². The van der Waals surface area contributed by atoms with Crippen LogP contribution < -0.4 is 5.32 Å². The highest BCUT2D eigenvalue weighted by Gasteiger charge is 2.34. The Kier molecular flexibility index (Phi) is 4.26. The lowest BCUT2D eigenvalue weighted by Gasteiger charge is -2.35. The minimum absolute atomic E-state index is 0.225. The molecule has 0 aromatic carbocycles. The van der Waals surface area contributed by atoms with Crippen molar-refractivity contribution >= 4 is 17.7 Å². The van der Waals surface area contributed by atoms with Gasteiger partial charge in [-0.2, -0.15) is 0 Å². The van der Waals surface area contributed by atoms with Gasteiger partial charge in [-0.1, -0.05) is 6.92 Å². The topological polar surface area (TPSA) is 32.3 Å². The van der Waals surface area contributed by atoms with E-state index in [0.29, 0.717) is 5.91 Å². The van der Waals surface area contributed by atoms with Crippen LogP contribution >= 0.6 is 11.8 Å². The molecule has 3 nitrogen and oxygen atoms in total. The minimum Gasteiger partial charge on any atom is -0.339 e. The Bertz CT molecular complexity index is 198. The number of nitrogens with one attached hydrogen (secondary N) is 1. The van der Waals surface area contributed by atoms with Crippen LogP contribution in [-0.2, 0) is 4.79 Å². The van der Waals surface area contributed by atoms with Gasteiger partial charge in [-0.3, -0.25) is 4.79 Å². The average Bonchev–Trinajstić information content (AvgIpc) is 2.28. The van der Waals surface area contributed by atoms with Crippen LogP contribution in [0.3, 0.4) is 0 Å². The predicted octanol–water partition coefficient (Wildman–Crippen LogP) is 0.950. The summed E-state index contributed by atoms with van der Waals surface area (Å²) in [7, 11) is 0. The van der Waals surface area contributed by atoms with Gasteiger partial charge in [-0.25, -0.2) is 0 Å². The van der Waals surface area contributed by atoms with Crippen molar-refractivity contribution in [2.75, 3.05) is 32.4 Å². The molecule has 1 fully saturated rings. The maximum Gasteiger partial charge on any atom is 0.238 e. The van der Waals surface area contributed by atoms with E-state index in [4.69, 9.17) is 0 Å². The van der Waals surface area contributed by atoms with Crippen molar-refractivity contribution in [3.8, 4) is 0 Å². The van der Waals surface area contributed by atoms with Crippen LogP contribution in [0.15, 0.2) is 0 Å². The molecular formula is C10H20N2OS. The SMILES string of the molecule is CCC(C)(SC)C(=O)N1CCNCC1. The van der Waals surface area contributed by atoms with E-state index in [0.717, 1.165) is 32.6 Å². The number of hydrogen-bond donors (Lipinski definition) is 1. The Hall–Kier alpha value is -0.220. The van der Waals surface area contributed by atoms with Crippen molar-refractivity contribution in [2.24, 2.45) is 0 Å². The first-order valence-electron chi connectivity index (χ1n) is 5.19. The maximum atomic E-state index is 12.2. The molecule has 1 unspecified atom stereocenters. The van der Waals surface area contributed by atoms with E-state index >= 15 is 0 Å². The zero-order chi connectivity index (χ0) is 10.6. The van der Waals surface area contributed by atoms with Crippen LogP contribution in [0.5, 0.6) is 0 Å². The molecule has 1 saturated heterocycles. The molecule has 0 aliphatic carbocycles. The molecule has 1 rings (SSSR count). The molecule has 0 aromatic heterocycles. The van der Waals surface area contributed by atoms with E-state index in [1.54, 1.807) is 11.8 Å². The number of hydrogen-bond acceptors (Lipinski definition) is 3. The summed E-state index contributed by atoms with van der Waals surface area (Å²) in [6.45, 7) is 7.70. The van der Waals surface area contributed by atoms with E-state index < -0.39 is 0 Å². The average molecular weight is 216 g/mol. The Morgan fingerprint density at radius 3 is 2.50 bits per heavy atom. The standard InChI is InChI=1S/C10H20N2OS/c1-4-10(2,14-3)9(13)12-7-5-11-6-8-12/h11H,4-8H2,1-3H3. The van der Waals surface area contributed by atoms with Crippen LogP contribution in [0.25, 0.3) is 0 Å². The monoisotopic (exact) mass is 216 g/mol. The van der Waals surface area contributed by atoms with Gasteiger partial charge in [0.1, 0.15) is 0 Å². The lowest BCUT2D eigenvalue weighted by Crippen LogP contribution is -2.52. The minimum atomic E-state index is -0.225. The van der Waals surface area contributed by atoms with E-state index in [1.807, 2.05) is 18.1 Å². The van der Waals surface area contributed by atoms with E-state index in [1.165, 1.54) is 0 Å². The van der Waals surface area contributed by atoms with Gasteiger partial charge >= 0.3 is 0 Å². The third-order valence-electron chi connectivity index (χ3n) is 2.98. The fraction of sp³-hybridized carbons (Fsp3) is 0.900. The summed E-state index contributed by atoms with van der Waals surface area (Å²) in [5.41, 5.74) is 0. The fourth-order valence-electron chi connectivity index (χ4n) is 1.59. The Labute approximate surface area is 90.6 Å². The second-order valence-corrected chi connectivity index (χ2v) is 5.14. The second kappa shape index (κ2) is 5.03. The molecule has 1 aliphatic rings. The van der Waals surface area contributed by atoms with Crippen LogP contribution in [0.1, 0.15) is 20.3 Å². The molecule has 1 heterocycles. The zero-order valence-electron chi connectivity index (χ0n) is 9.30. The number of thioether (sulfide) groups is 1. The smallest absolute Gasteiger partial charge is 0.238 e. The van der Waals surface area contributed by atoms with Gasteiger partial charge in [0.05, 0.1) is 4.75 Å². The third-order valence-corrected chi connectivity index (χ3v) is 4.35. The van der Waals surface area contributed by atoms with Crippen LogP contribution in [0, 0.1) is 0 Å².